The molecule has 38 heavy (non-hydrogen) atoms. The topological polar surface area (TPSA) is 134 Å². The number of anilines is 1. The Bertz CT molecular complexity index is 1250. The lowest BCUT2D eigenvalue weighted by atomic mass is 9.92. The van der Waals surface area contributed by atoms with E-state index in [9.17, 15) is 14.4 Å². The Morgan fingerprint density at radius 2 is 1.87 bits per heavy atom. The lowest BCUT2D eigenvalue weighted by molar-refractivity contribution is -0.131. The number of ether oxygens (including phenoxy) is 2. The summed E-state index contributed by atoms with van der Waals surface area (Å²) in [5, 5.41) is 9.60. The first-order valence-corrected chi connectivity index (χ1v) is 12.9. The average molecular weight is 526 g/mol. The second-order valence-corrected chi connectivity index (χ2v) is 11.0. The Kier molecular flexibility index (Phi) is 7.76. The Morgan fingerprint density at radius 3 is 2.58 bits per heavy atom. The predicted octanol–water partition coefficient (Wildman–Crippen LogP) is 3.01. The van der Waals surface area contributed by atoms with E-state index in [0.717, 1.165) is 6.42 Å². The molecular formula is C26H35N7O5. The molecule has 12 heteroatoms. The number of likely N-dealkylation sites (N-methyl/N-ethyl adjacent to an activating group) is 1. The van der Waals surface area contributed by atoms with Crippen molar-refractivity contribution < 1.29 is 23.9 Å². The van der Waals surface area contributed by atoms with E-state index < -0.39 is 23.9 Å². The quantitative estimate of drug-likeness (QED) is 0.590. The predicted molar refractivity (Wildman–Crippen MR) is 138 cm³/mol. The van der Waals surface area contributed by atoms with Crippen LogP contribution in [0.3, 0.4) is 0 Å². The van der Waals surface area contributed by atoms with Gasteiger partial charge >= 0.3 is 12.2 Å². The van der Waals surface area contributed by atoms with Crippen molar-refractivity contribution in [1.82, 2.24) is 24.3 Å². The van der Waals surface area contributed by atoms with Gasteiger partial charge < -0.3 is 24.2 Å². The molecule has 2 amide bonds. The van der Waals surface area contributed by atoms with Crippen molar-refractivity contribution in [1.29, 1.82) is 5.26 Å². The first kappa shape index (κ1) is 27.2. The Labute approximate surface area is 222 Å². The van der Waals surface area contributed by atoms with Crippen LogP contribution in [0.5, 0.6) is 0 Å². The number of rotatable bonds is 4. The number of fused-ring (bicyclic) bond motifs is 1. The monoisotopic (exact) mass is 525 g/mol. The molecule has 204 valence electrons. The molecule has 1 unspecified atom stereocenters. The van der Waals surface area contributed by atoms with Gasteiger partial charge in [0.25, 0.3) is 0 Å². The van der Waals surface area contributed by atoms with E-state index in [-0.39, 0.29) is 24.9 Å². The van der Waals surface area contributed by atoms with Crippen LogP contribution in [0.4, 0.5) is 15.4 Å². The van der Waals surface area contributed by atoms with Gasteiger partial charge in [0.15, 0.2) is 5.65 Å². The van der Waals surface area contributed by atoms with E-state index in [4.69, 9.17) is 14.7 Å². The Morgan fingerprint density at radius 1 is 1.13 bits per heavy atom. The first-order chi connectivity index (χ1) is 18.0. The molecule has 4 heterocycles. The summed E-state index contributed by atoms with van der Waals surface area (Å²) in [5.41, 5.74) is -0.185. The molecule has 2 aliphatic heterocycles. The van der Waals surface area contributed by atoms with Crippen LogP contribution in [0.15, 0.2) is 18.6 Å². The summed E-state index contributed by atoms with van der Waals surface area (Å²) in [6.45, 7) is 9.39. The molecule has 12 nitrogen and oxygen atoms in total. The normalized spacial score (nSPS) is 21.7. The zero-order valence-corrected chi connectivity index (χ0v) is 22.6. The number of nitrogens with zero attached hydrogens (tertiary/aromatic N) is 7. The highest BCUT2D eigenvalue weighted by atomic mass is 16.6. The summed E-state index contributed by atoms with van der Waals surface area (Å²) < 4.78 is 12.5. The first-order valence-electron chi connectivity index (χ1n) is 12.9. The summed E-state index contributed by atoms with van der Waals surface area (Å²) in [5.74, 6) is 0.764. The van der Waals surface area contributed by atoms with Gasteiger partial charge in [-0.3, -0.25) is 4.79 Å². The van der Waals surface area contributed by atoms with Crippen molar-refractivity contribution in [3.05, 3.63) is 18.6 Å². The third-order valence-electron chi connectivity index (χ3n) is 7.05. The molecule has 0 N–H and O–H groups in total. The lowest BCUT2D eigenvalue weighted by Crippen LogP contribution is -2.52. The number of carbonyl (C=O) groups is 3. The molecule has 2 saturated heterocycles. The fraction of sp³-hybridized carbons (Fsp3) is 0.615. The van der Waals surface area contributed by atoms with Crippen LogP contribution in [-0.2, 0) is 14.3 Å². The number of amides is 2. The Hall–Kier alpha value is -3.88. The largest absolute Gasteiger partial charge is 0.444 e. The zero-order valence-electron chi connectivity index (χ0n) is 22.6. The molecule has 0 bridgehead atoms. The van der Waals surface area contributed by atoms with Crippen LogP contribution in [0.2, 0.25) is 0 Å². The standard InChI is InChI=1S/C26H35N7O5/c1-17-7-11-31(21(34)6-10-27)15-20(17)30(5)22-19-9-13-33(23(19)29-16-28-22)25(36)37-18-8-12-32(14-18)24(35)38-26(2,3)4/h9,13,16-18,20H,6-8,11-12,14-15H2,1-5H3/t17-,18?,20+/m1/s1. The summed E-state index contributed by atoms with van der Waals surface area (Å²) >= 11 is 0. The van der Waals surface area contributed by atoms with Crippen LogP contribution in [0.1, 0.15) is 47.0 Å². The van der Waals surface area contributed by atoms with Gasteiger partial charge in [-0.05, 0) is 39.2 Å². The minimum atomic E-state index is -0.597. The maximum atomic E-state index is 13.1. The van der Waals surface area contributed by atoms with Crippen molar-refractivity contribution in [2.24, 2.45) is 5.92 Å². The summed E-state index contributed by atoms with van der Waals surface area (Å²) in [4.78, 5) is 51.9. The molecule has 0 spiro atoms. The number of nitriles is 1. The van der Waals surface area contributed by atoms with Crippen molar-refractivity contribution in [3.8, 4) is 6.07 Å². The molecule has 2 aromatic rings. The van der Waals surface area contributed by atoms with Crippen molar-refractivity contribution in [2.45, 2.75) is 64.7 Å². The Balaban J connectivity index is 1.47. The highest BCUT2D eigenvalue weighted by molar-refractivity contribution is 5.93. The molecule has 0 aromatic carbocycles. The van der Waals surface area contributed by atoms with Crippen LogP contribution >= 0.6 is 0 Å². The fourth-order valence-corrected chi connectivity index (χ4v) is 5.00. The van der Waals surface area contributed by atoms with Gasteiger partial charge in [-0.1, -0.05) is 6.92 Å². The summed E-state index contributed by atoms with van der Waals surface area (Å²) in [7, 11) is 1.92. The van der Waals surface area contributed by atoms with Gasteiger partial charge in [0.2, 0.25) is 5.91 Å². The summed E-state index contributed by atoms with van der Waals surface area (Å²) in [6.07, 6.45) is 2.76. The highest BCUT2D eigenvalue weighted by Gasteiger charge is 2.34. The van der Waals surface area contributed by atoms with Gasteiger partial charge in [-0.25, -0.2) is 24.1 Å². The molecule has 2 fully saturated rings. The SMILES string of the molecule is C[C@@H]1CCN(C(=O)CC#N)C[C@@H]1N(C)c1ncnc2c1ccn2C(=O)OC1CCN(C(=O)OC(C)(C)C)C1. The molecule has 4 rings (SSSR count). The number of hydrogen-bond acceptors (Lipinski definition) is 9. The second kappa shape index (κ2) is 10.8. The molecule has 2 aliphatic rings. The van der Waals surface area contributed by atoms with Crippen LogP contribution in [-0.4, -0.2) is 93.4 Å². The number of aromatic nitrogens is 3. The molecular weight excluding hydrogens is 490 g/mol. The maximum Gasteiger partial charge on any atom is 0.420 e. The molecule has 0 radical (unpaired) electrons. The van der Waals surface area contributed by atoms with Crippen LogP contribution in [0, 0.1) is 17.2 Å². The number of carbonyl (C=O) groups excluding carboxylic acids is 3. The van der Waals surface area contributed by atoms with E-state index in [1.165, 1.54) is 10.9 Å². The minimum Gasteiger partial charge on any atom is -0.444 e. The minimum absolute atomic E-state index is 0.0166. The molecule has 0 saturated carbocycles. The second-order valence-electron chi connectivity index (χ2n) is 11.0. The average Bonchev–Trinajstić information content (AvgIpc) is 3.50. The smallest absolute Gasteiger partial charge is 0.420 e. The van der Waals surface area contributed by atoms with Gasteiger partial charge in [0.05, 0.1) is 24.0 Å². The molecule has 3 atom stereocenters. The van der Waals surface area contributed by atoms with E-state index in [0.29, 0.717) is 48.8 Å². The van der Waals surface area contributed by atoms with Gasteiger partial charge in [0.1, 0.15) is 30.3 Å². The third-order valence-corrected chi connectivity index (χ3v) is 7.05. The lowest BCUT2D eigenvalue weighted by Gasteiger charge is -2.42. The van der Waals surface area contributed by atoms with Crippen molar-refractivity contribution in [2.75, 3.05) is 38.1 Å². The molecule has 0 aliphatic carbocycles. The number of piperidine rings is 1. The van der Waals surface area contributed by atoms with E-state index >= 15 is 0 Å². The third kappa shape index (κ3) is 5.82. The van der Waals surface area contributed by atoms with Crippen LogP contribution in [0.25, 0.3) is 11.0 Å². The zero-order chi connectivity index (χ0) is 27.6. The summed E-state index contributed by atoms with van der Waals surface area (Å²) in [6, 6.07) is 3.69. The number of likely N-dealkylation sites (tertiary alicyclic amines) is 2. The van der Waals surface area contributed by atoms with Crippen molar-refractivity contribution in [3.63, 3.8) is 0 Å². The fourth-order valence-electron chi connectivity index (χ4n) is 5.00. The van der Waals surface area contributed by atoms with E-state index in [1.54, 1.807) is 22.1 Å². The maximum absolute atomic E-state index is 13.1. The van der Waals surface area contributed by atoms with Gasteiger partial charge in [-0.2, -0.15) is 5.26 Å². The van der Waals surface area contributed by atoms with Gasteiger partial charge in [-0.15, -0.1) is 0 Å². The van der Waals surface area contributed by atoms with E-state index in [1.807, 2.05) is 38.8 Å². The number of hydrogen-bond donors (Lipinski definition) is 0. The van der Waals surface area contributed by atoms with Gasteiger partial charge in [0, 0.05) is 39.3 Å². The van der Waals surface area contributed by atoms with E-state index in [2.05, 4.69) is 16.9 Å². The molecule has 2 aromatic heterocycles. The van der Waals surface area contributed by atoms with Crippen LogP contribution < -0.4 is 4.90 Å². The van der Waals surface area contributed by atoms with Crippen molar-refractivity contribution >= 4 is 34.9 Å². The highest BCUT2D eigenvalue weighted by Crippen LogP contribution is 2.30.